The van der Waals surface area contributed by atoms with Gasteiger partial charge in [-0.25, -0.2) is 4.98 Å². The van der Waals surface area contributed by atoms with Crippen LogP contribution in [-0.4, -0.2) is 65.4 Å². The molecule has 8 nitrogen and oxygen atoms in total. The third kappa shape index (κ3) is 5.03. The Morgan fingerprint density at radius 2 is 1.84 bits per heavy atom. The average Bonchev–Trinajstić information content (AvgIpc) is 2.75. The second-order valence-corrected chi connectivity index (χ2v) is 8.09. The van der Waals surface area contributed by atoms with Gasteiger partial charge in [-0.15, -0.1) is 0 Å². The maximum Gasteiger partial charge on any atom is 0.265 e. The second kappa shape index (κ2) is 9.74. The van der Waals surface area contributed by atoms with Crippen molar-refractivity contribution < 1.29 is 9.59 Å². The number of aromatic nitrogens is 2. The molecule has 0 atom stereocenters. The molecule has 1 N–H and O–H groups in total. The molecule has 168 valence electrons. The van der Waals surface area contributed by atoms with Gasteiger partial charge in [0, 0.05) is 32.7 Å². The highest BCUT2D eigenvalue weighted by Crippen LogP contribution is 2.17. The van der Waals surface area contributed by atoms with Gasteiger partial charge in [0.25, 0.3) is 11.5 Å². The topological polar surface area (TPSA) is 87.5 Å². The fraction of sp³-hybridized carbons (Fsp3) is 0.333. The molecule has 0 saturated heterocycles. The Balaban J connectivity index is 1.98. The van der Waals surface area contributed by atoms with Crippen LogP contribution in [0.25, 0.3) is 16.6 Å². The van der Waals surface area contributed by atoms with Crippen LogP contribution in [0, 0.1) is 6.92 Å². The van der Waals surface area contributed by atoms with E-state index < -0.39 is 0 Å². The van der Waals surface area contributed by atoms with E-state index in [0.29, 0.717) is 35.2 Å². The lowest BCUT2D eigenvalue weighted by atomic mass is 10.1. The number of benzene rings is 2. The largest absolute Gasteiger partial charge is 0.352 e. The SMILES string of the molecule is CCNC(=O)c1ccc(C)c(-n2cnc3ccc(CN(C)CC(=O)N(C)C)cc3c2=O)c1. The number of carbonyl (C=O) groups is 2. The summed E-state index contributed by atoms with van der Waals surface area (Å²) in [5.41, 5.74) is 3.27. The van der Waals surface area contributed by atoms with E-state index in [1.54, 1.807) is 31.1 Å². The van der Waals surface area contributed by atoms with Gasteiger partial charge in [-0.2, -0.15) is 0 Å². The van der Waals surface area contributed by atoms with Crippen molar-refractivity contribution in [3.63, 3.8) is 0 Å². The highest BCUT2D eigenvalue weighted by molar-refractivity contribution is 5.95. The van der Waals surface area contributed by atoms with E-state index in [4.69, 9.17) is 0 Å². The van der Waals surface area contributed by atoms with Crippen molar-refractivity contribution in [2.45, 2.75) is 20.4 Å². The van der Waals surface area contributed by atoms with Gasteiger partial charge < -0.3 is 10.2 Å². The normalized spacial score (nSPS) is 11.1. The van der Waals surface area contributed by atoms with Gasteiger partial charge in [-0.3, -0.25) is 23.9 Å². The van der Waals surface area contributed by atoms with Crippen molar-refractivity contribution in [2.24, 2.45) is 0 Å². The minimum absolute atomic E-state index is 0.0137. The van der Waals surface area contributed by atoms with Crippen LogP contribution in [-0.2, 0) is 11.3 Å². The molecule has 3 aromatic rings. The molecule has 0 aliphatic carbocycles. The van der Waals surface area contributed by atoms with Gasteiger partial charge in [0.15, 0.2) is 0 Å². The Morgan fingerprint density at radius 3 is 2.53 bits per heavy atom. The molecule has 0 fully saturated rings. The molecule has 3 rings (SSSR count). The summed E-state index contributed by atoms with van der Waals surface area (Å²) in [5, 5.41) is 3.26. The minimum Gasteiger partial charge on any atom is -0.352 e. The number of nitrogens with one attached hydrogen (secondary N) is 1. The maximum absolute atomic E-state index is 13.3. The first kappa shape index (κ1) is 23.1. The zero-order valence-corrected chi connectivity index (χ0v) is 19.2. The number of likely N-dealkylation sites (N-methyl/N-ethyl adjacent to an activating group) is 2. The highest BCUT2D eigenvalue weighted by Gasteiger charge is 2.13. The van der Waals surface area contributed by atoms with Crippen LogP contribution in [0.3, 0.4) is 0 Å². The van der Waals surface area contributed by atoms with Crippen molar-refractivity contribution in [2.75, 3.05) is 34.2 Å². The molecule has 2 amide bonds. The standard InChI is InChI=1S/C24H29N5O3/c1-6-25-23(31)18-9-7-16(2)21(12-18)29-15-26-20-10-8-17(11-19(20)24(29)32)13-28(5)14-22(30)27(3)4/h7-12,15H,6,13-14H2,1-5H3,(H,25,31). The van der Waals surface area contributed by atoms with Crippen LogP contribution in [0.5, 0.6) is 0 Å². The number of carbonyl (C=O) groups excluding carboxylic acids is 2. The van der Waals surface area contributed by atoms with Gasteiger partial charge >= 0.3 is 0 Å². The van der Waals surface area contributed by atoms with Crippen molar-refractivity contribution in [1.29, 1.82) is 0 Å². The van der Waals surface area contributed by atoms with Crippen LogP contribution in [0.4, 0.5) is 0 Å². The number of hydrogen-bond donors (Lipinski definition) is 1. The summed E-state index contributed by atoms with van der Waals surface area (Å²) in [7, 11) is 5.32. The molecule has 0 spiro atoms. The fourth-order valence-corrected chi connectivity index (χ4v) is 3.45. The van der Waals surface area contributed by atoms with Crippen molar-refractivity contribution in [3.8, 4) is 5.69 Å². The molecule has 0 bridgehead atoms. The predicted molar refractivity (Wildman–Crippen MR) is 125 cm³/mol. The van der Waals surface area contributed by atoms with Gasteiger partial charge in [-0.1, -0.05) is 12.1 Å². The second-order valence-electron chi connectivity index (χ2n) is 8.09. The molecule has 0 radical (unpaired) electrons. The molecule has 0 aliphatic rings. The zero-order chi connectivity index (χ0) is 23.4. The fourth-order valence-electron chi connectivity index (χ4n) is 3.45. The number of amides is 2. The highest BCUT2D eigenvalue weighted by atomic mass is 16.2. The monoisotopic (exact) mass is 435 g/mol. The van der Waals surface area contributed by atoms with E-state index in [2.05, 4.69) is 10.3 Å². The molecule has 32 heavy (non-hydrogen) atoms. The van der Waals surface area contributed by atoms with Crippen LogP contribution >= 0.6 is 0 Å². The Hall–Kier alpha value is -3.52. The quantitative estimate of drug-likeness (QED) is 0.613. The smallest absolute Gasteiger partial charge is 0.265 e. The summed E-state index contributed by atoms with van der Waals surface area (Å²) in [6.45, 7) is 5.08. The molecule has 1 aromatic heterocycles. The first-order chi connectivity index (χ1) is 15.2. The predicted octanol–water partition coefficient (Wildman–Crippen LogP) is 1.96. The average molecular weight is 436 g/mol. The Kier molecular flexibility index (Phi) is 7.05. The molecular formula is C24H29N5O3. The number of fused-ring (bicyclic) bond motifs is 1. The van der Waals surface area contributed by atoms with Gasteiger partial charge in [-0.05, 0) is 56.3 Å². The summed E-state index contributed by atoms with van der Waals surface area (Å²) in [4.78, 5) is 45.5. The Morgan fingerprint density at radius 1 is 1.09 bits per heavy atom. The van der Waals surface area contributed by atoms with Crippen LogP contribution in [0.15, 0.2) is 47.5 Å². The van der Waals surface area contributed by atoms with E-state index in [9.17, 15) is 14.4 Å². The zero-order valence-electron chi connectivity index (χ0n) is 19.2. The summed E-state index contributed by atoms with van der Waals surface area (Å²) >= 11 is 0. The van der Waals surface area contributed by atoms with E-state index in [1.165, 1.54) is 10.9 Å². The summed E-state index contributed by atoms with van der Waals surface area (Å²) < 4.78 is 1.48. The molecule has 2 aromatic carbocycles. The summed E-state index contributed by atoms with van der Waals surface area (Å²) in [5.74, 6) is -0.173. The van der Waals surface area contributed by atoms with E-state index in [-0.39, 0.29) is 23.9 Å². The first-order valence-electron chi connectivity index (χ1n) is 10.5. The van der Waals surface area contributed by atoms with Crippen LogP contribution in [0.1, 0.15) is 28.4 Å². The number of nitrogens with zero attached hydrogens (tertiary/aromatic N) is 4. The third-order valence-corrected chi connectivity index (χ3v) is 5.25. The molecule has 8 heteroatoms. The summed E-state index contributed by atoms with van der Waals surface area (Å²) in [6, 6.07) is 10.8. The van der Waals surface area contributed by atoms with Gasteiger partial charge in [0.1, 0.15) is 6.33 Å². The Labute approximate surface area is 187 Å². The lowest BCUT2D eigenvalue weighted by molar-refractivity contribution is -0.129. The van der Waals surface area contributed by atoms with Crippen LogP contribution in [0.2, 0.25) is 0 Å². The lowest BCUT2D eigenvalue weighted by Crippen LogP contribution is -2.34. The van der Waals surface area contributed by atoms with E-state index in [0.717, 1.165) is 11.1 Å². The lowest BCUT2D eigenvalue weighted by Gasteiger charge is -2.19. The van der Waals surface area contributed by atoms with Gasteiger partial charge in [0.2, 0.25) is 5.91 Å². The van der Waals surface area contributed by atoms with E-state index >= 15 is 0 Å². The first-order valence-corrected chi connectivity index (χ1v) is 10.5. The number of aryl methyl sites for hydroxylation is 1. The van der Waals surface area contributed by atoms with Crippen LogP contribution < -0.4 is 10.9 Å². The Bertz CT molecular complexity index is 1220. The molecule has 0 aliphatic heterocycles. The summed E-state index contributed by atoms with van der Waals surface area (Å²) in [6.07, 6.45) is 1.50. The molecular weight excluding hydrogens is 406 g/mol. The van der Waals surface area contributed by atoms with Crippen molar-refractivity contribution in [3.05, 3.63) is 69.8 Å². The molecule has 0 unspecified atom stereocenters. The number of rotatable bonds is 7. The van der Waals surface area contributed by atoms with Crippen molar-refractivity contribution >= 4 is 22.7 Å². The molecule has 1 heterocycles. The molecule has 0 saturated carbocycles. The third-order valence-electron chi connectivity index (χ3n) is 5.25. The minimum atomic E-state index is -0.208. The number of hydrogen-bond acceptors (Lipinski definition) is 5. The maximum atomic E-state index is 13.3. The van der Waals surface area contributed by atoms with Crippen molar-refractivity contribution in [1.82, 2.24) is 24.7 Å². The van der Waals surface area contributed by atoms with E-state index in [1.807, 2.05) is 50.1 Å². The van der Waals surface area contributed by atoms with Gasteiger partial charge in [0.05, 0.1) is 23.1 Å².